The Kier molecular flexibility index (Phi) is 7.95. The van der Waals surface area contributed by atoms with E-state index >= 15 is 0 Å². The van der Waals surface area contributed by atoms with Crippen LogP contribution in [-0.4, -0.2) is 30.1 Å². The highest BCUT2D eigenvalue weighted by Gasteiger charge is 2.48. The monoisotopic (exact) mass is 571 g/mol. The van der Waals surface area contributed by atoms with Gasteiger partial charge in [-0.25, -0.2) is 4.39 Å². The number of hydrogen-bond acceptors (Lipinski definition) is 5. The van der Waals surface area contributed by atoms with Gasteiger partial charge >= 0.3 is 0 Å². The van der Waals surface area contributed by atoms with Crippen molar-refractivity contribution < 1.29 is 23.5 Å². The van der Waals surface area contributed by atoms with Crippen molar-refractivity contribution in [3.05, 3.63) is 94.1 Å². The molecule has 0 bridgehead atoms. The van der Waals surface area contributed by atoms with E-state index in [0.717, 1.165) is 46.5 Å². The van der Waals surface area contributed by atoms with Crippen molar-refractivity contribution in [2.24, 2.45) is 10.8 Å². The van der Waals surface area contributed by atoms with Gasteiger partial charge in [-0.15, -0.1) is 6.58 Å². The number of allylic oxidation sites excluding steroid dienone is 5. The molecule has 0 aromatic heterocycles. The van der Waals surface area contributed by atoms with E-state index < -0.39 is 5.92 Å². The quantitative estimate of drug-likeness (QED) is 0.302. The number of carbonyl (C=O) groups excluding carboxylic acids is 2. The number of carbonyl (C=O) groups is 2. The molecule has 0 saturated heterocycles. The second-order valence-electron chi connectivity index (χ2n) is 13.4. The van der Waals surface area contributed by atoms with E-state index in [4.69, 9.17) is 9.47 Å². The van der Waals surface area contributed by atoms with Gasteiger partial charge in [-0.1, -0.05) is 52.0 Å². The summed E-state index contributed by atoms with van der Waals surface area (Å²) in [5.41, 5.74) is 5.62. The number of Topliss-reactive ketones (excluding diaryl/α,β-unsaturated/α-hetero) is 2. The number of methoxy groups -OCH3 is 1. The van der Waals surface area contributed by atoms with Gasteiger partial charge < -0.3 is 14.4 Å². The molecular weight excluding hydrogens is 529 g/mol. The van der Waals surface area contributed by atoms with E-state index in [2.05, 4.69) is 46.1 Å². The third-order valence-corrected chi connectivity index (χ3v) is 8.68. The average molecular weight is 572 g/mol. The second kappa shape index (κ2) is 11.2. The Hall–Kier alpha value is -3.67. The molecule has 6 heteroatoms. The highest BCUT2D eigenvalue weighted by molar-refractivity contribution is 6.06. The van der Waals surface area contributed by atoms with Crippen LogP contribution < -0.4 is 9.47 Å². The Balaban J connectivity index is 1.69. The number of halogens is 1. The first-order valence-corrected chi connectivity index (χ1v) is 14.9. The molecule has 1 heterocycles. The first-order valence-electron chi connectivity index (χ1n) is 14.9. The van der Waals surface area contributed by atoms with Gasteiger partial charge in [-0.3, -0.25) is 9.59 Å². The van der Waals surface area contributed by atoms with Gasteiger partial charge in [0.15, 0.2) is 23.1 Å². The molecule has 0 fully saturated rings. The smallest absolute Gasteiger partial charge is 0.165 e. The van der Waals surface area contributed by atoms with Crippen LogP contribution in [0.3, 0.4) is 0 Å². The van der Waals surface area contributed by atoms with Crippen LogP contribution in [0.5, 0.6) is 11.5 Å². The highest BCUT2D eigenvalue weighted by Crippen LogP contribution is 2.55. The van der Waals surface area contributed by atoms with Crippen molar-refractivity contribution in [1.29, 1.82) is 0 Å². The van der Waals surface area contributed by atoms with E-state index in [9.17, 15) is 14.0 Å². The Labute approximate surface area is 249 Å². The van der Waals surface area contributed by atoms with Crippen molar-refractivity contribution >= 4 is 11.6 Å². The minimum atomic E-state index is -0.472. The standard InChI is InChI=1S/C36H42FNO4/c1-8-11-23-15-24(16-30(41-7)34(23)42-21-22-12-10-13-25(37)14-22)31-32-26(17-35(3,4)19-28(32)39)38(9-2)27-18-36(5,6)20-29(40)33(27)31/h8,10,12-16,31H,1,9,11,17-21H2,2-7H3. The maximum Gasteiger partial charge on any atom is 0.165 e. The molecule has 0 saturated carbocycles. The van der Waals surface area contributed by atoms with E-state index in [-0.39, 0.29) is 34.8 Å². The SMILES string of the molecule is C=CCc1cc(C2C3=C(CC(C)(C)CC3=O)N(CC)C3=C2C(=O)CC(C)(C)C3)cc(OC)c1OCc1cccc(F)c1. The van der Waals surface area contributed by atoms with E-state index in [0.29, 0.717) is 42.9 Å². The number of ketones is 2. The Morgan fingerprint density at radius 2 is 1.60 bits per heavy atom. The minimum absolute atomic E-state index is 0.101. The second-order valence-corrected chi connectivity index (χ2v) is 13.4. The first-order chi connectivity index (χ1) is 19.9. The highest BCUT2D eigenvalue weighted by atomic mass is 19.1. The molecule has 2 aliphatic carbocycles. The van der Waals surface area contributed by atoms with Crippen LogP contribution in [0.15, 0.2) is 71.6 Å². The third kappa shape index (κ3) is 5.56. The minimum Gasteiger partial charge on any atom is -0.493 e. The fraction of sp³-hybridized carbons (Fsp3) is 0.444. The fourth-order valence-corrected chi connectivity index (χ4v) is 7.02. The maximum atomic E-state index is 14.0. The summed E-state index contributed by atoms with van der Waals surface area (Å²) >= 11 is 0. The van der Waals surface area contributed by atoms with Gasteiger partial charge in [-0.2, -0.15) is 0 Å². The molecule has 1 aliphatic heterocycles. The molecule has 0 amide bonds. The fourth-order valence-electron chi connectivity index (χ4n) is 7.02. The van der Waals surface area contributed by atoms with Gasteiger partial charge in [0.2, 0.25) is 0 Å². The van der Waals surface area contributed by atoms with Gasteiger partial charge in [0.05, 0.1) is 7.11 Å². The van der Waals surface area contributed by atoms with Crippen LogP contribution in [0.4, 0.5) is 4.39 Å². The zero-order valence-electron chi connectivity index (χ0n) is 25.7. The molecule has 2 aromatic rings. The number of benzene rings is 2. The van der Waals surface area contributed by atoms with Crippen LogP contribution >= 0.6 is 0 Å². The molecule has 2 aromatic carbocycles. The van der Waals surface area contributed by atoms with Crippen molar-refractivity contribution in [3.63, 3.8) is 0 Å². The zero-order valence-corrected chi connectivity index (χ0v) is 25.7. The molecule has 5 rings (SSSR count). The largest absolute Gasteiger partial charge is 0.493 e. The summed E-state index contributed by atoms with van der Waals surface area (Å²) in [6, 6.07) is 10.3. The number of ether oxygens (including phenoxy) is 2. The summed E-state index contributed by atoms with van der Waals surface area (Å²) in [6.07, 6.45) is 4.72. The van der Waals surface area contributed by atoms with Gasteiger partial charge in [0.25, 0.3) is 0 Å². The lowest BCUT2D eigenvalue weighted by molar-refractivity contribution is -0.119. The van der Waals surface area contributed by atoms with E-state index in [1.807, 2.05) is 18.2 Å². The molecule has 42 heavy (non-hydrogen) atoms. The lowest BCUT2D eigenvalue weighted by Crippen LogP contribution is -2.44. The molecule has 0 spiro atoms. The number of hydrogen-bond donors (Lipinski definition) is 0. The first kappa shape index (κ1) is 29.8. The molecular formula is C36H42FNO4. The Morgan fingerprint density at radius 1 is 0.976 bits per heavy atom. The summed E-state index contributed by atoms with van der Waals surface area (Å²) in [5, 5.41) is 0. The third-order valence-electron chi connectivity index (χ3n) is 8.68. The molecule has 0 radical (unpaired) electrons. The van der Waals surface area contributed by atoms with Crippen LogP contribution in [0.1, 0.15) is 82.9 Å². The van der Waals surface area contributed by atoms with Crippen LogP contribution in [-0.2, 0) is 22.6 Å². The van der Waals surface area contributed by atoms with Crippen molar-refractivity contribution in [2.45, 2.75) is 79.2 Å². The molecule has 3 aliphatic rings. The van der Waals surface area contributed by atoms with Crippen LogP contribution in [0, 0.1) is 16.6 Å². The van der Waals surface area contributed by atoms with Crippen molar-refractivity contribution in [2.75, 3.05) is 13.7 Å². The summed E-state index contributed by atoms with van der Waals surface area (Å²) in [7, 11) is 1.59. The summed E-state index contributed by atoms with van der Waals surface area (Å²) in [6.45, 7) is 15.5. The lowest BCUT2D eigenvalue weighted by Gasteiger charge is -2.49. The topological polar surface area (TPSA) is 55.8 Å². The Bertz CT molecular complexity index is 1460. The predicted octanol–water partition coefficient (Wildman–Crippen LogP) is 7.85. The zero-order chi connectivity index (χ0) is 30.4. The Morgan fingerprint density at radius 3 is 2.12 bits per heavy atom. The molecule has 5 nitrogen and oxygen atoms in total. The van der Waals surface area contributed by atoms with Crippen molar-refractivity contribution in [3.8, 4) is 11.5 Å². The number of nitrogens with zero attached hydrogens (tertiary/aromatic N) is 1. The summed E-state index contributed by atoms with van der Waals surface area (Å²) in [4.78, 5) is 30.3. The molecule has 0 N–H and O–H groups in total. The van der Waals surface area contributed by atoms with Gasteiger partial charge in [0, 0.05) is 53.4 Å². The molecule has 0 atom stereocenters. The number of rotatable bonds is 8. The van der Waals surface area contributed by atoms with E-state index in [1.165, 1.54) is 12.1 Å². The molecule has 0 unspecified atom stereocenters. The molecule has 222 valence electrons. The lowest BCUT2D eigenvalue weighted by atomic mass is 9.63. The van der Waals surface area contributed by atoms with Crippen molar-refractivity contribution in [1.82, 2.24) is 4.90 Å². The van der Waals surface area contributed by atoms with Gasteiger partial charge in [-0.05, 0) is 66.3 Å². The van der Waals surface area contributed by atoms with E-state index in [1.54, 1.807) is 19.3 Å². The summed E-state index contributed by atoms with van der Waals surface area (Å²) < 4.78 is 25.9. The average Bonchev–Trinajstić information content (AvgIpc) is 2.89. The maximum absolute atomic E-state index is 14.0. The summed E-state index contributed by atoms with van der Waals surface area (Å²) in [5.74, 6) is 0.466. The normalized spacial score (nSPS) is 19.9. The van der Waals surface area contributed by atoms with Gasteiger partial charge in [0.1, 0.15) is 12.4 Å². The predicted molar refractivity (Wildman–Crippen MR) is 163 cm³/mol. The van der Waals surface area contributed by atoms with Crippen LogP contribution in [0.2, 0.25) is 0 Å². The van der Waals surface area contributed by atoms with Crippen LogP contribution in [0.25, 0.3) is 0 Å².